The van der Waals surface area contributed by atoms with Crippen LogP contribution in [0.25, 0.3) is 5.76 Å². The zero-order chi connectivity index (χ0) is 24.2. The zero-order valence-electron chi connectivity index (χ0n) is 19.4. The number of halogens is 1. The molecule has 180 valence electrons. The number of morpholine rings is 1. The molecule has 1 amide bonds. The molecule has 7 nitrogen and oxygen atoms in total. The van der Waals surface area contributed by atoms with Crippen LogP contribution in [0.3, 0.4) is 0 Å². The molecule has 0 bridgehead atoms. The van der Waals surface area contributed by atoms with E-state index in [1.165, 1.54) is 0 Å². The first-order valence-corrected chi connectivity index (χ1v) is 12.2. The molecule has 1 N–H and O–H groups in total. The van der Waals surface area contributed by atoms with Gasteiger partial charge in [0.25, 0.3) is 11.7 Å². The summed E-state index contributed by atoms with van der Waals surface area (Å²) in [6.07, 6.45) is 0.721. The molecule has 2 aromatic rings. The van der Waals surface area contributed by atoms with Crippen molar-refractivity contribution in [1.82, 2.24) is 9.80 Å². The Morgan fingerprint density at radius 1 is 1.15 bits per heavy atom. The van der Waals surface area contributed by atoms with E-state index in [4.69, 9.17) is 9.47 Å². The molecule has 2 fully saturated rings. The van der Waals surface area contributed by atoms with Gasteiger partial charge in [0.15, 0.2) is 0 Å². The standard InChI is InChI=1S/C26H29BrN2O5/c1-17-15-20(33-2)7-8-21(17)24(30)22-23(18-5-3-6-19(27)16-18)29(26(32)25(22)31)10-4-9-28-11-13-34-14-12-28/h3,5-8,15-16,23,30H,4,9-14H2,1-2H3/t23-/m1/s1. The minimum Gasteiger partial charge on any atom is -0.507 e. The van der Waals surface area contributed by atoms with E-state index in [-0.39, 0.29) is 11.3 Å². The molecule has 8 heteroatoms. The summed E-state index contributed by atoms with van der Waals surface area (Å²) in [5.41, 5.74) is 2.14. The highest BCUT2D eigenvalue weighted by Gasteiger charge is 2.46. The van der Waals surface area contributed by atoms with Gasteiger partial charge in [-0.3, -0.25) is 14.5 Å². The minimum absolute atomic E-state index is 0.114. The van der Waals surface area contributed by atoms with E-state index < -0.39 is 17.7 Å². The number of benzene rings is 2. The van der Waals surface area contributed by atoms with Gasteiger partial charge in [-0.15, -0.1) is 0 Å². The maximum absolute atomic E-state index is 13.2. The molecule has 1 atom stereocenters. The molecule has 2 aliphatic rings. The van der Waals surface area contributed by atoms with Crippen molar-refractivity contribution in [3.05, 3.63) is 69.2 Å². The van der Waals surface area contributed by atoms with Gasteiger partial charge in [0, 0.05) is 36.2 Å². The predicted molar refractivity (Wildman–Crippen MR) is 133 cm³/mol. The predicted octanol–water partition coefficient (Wildman–Crippen LogP) is 3.91. The van der Waals surface area contributed by atoms with Crippen LogP contribution in [0.5, 0.6) is 5.75 Å². The Morgan fingerprint density at radius 3 is 2.59 bits per heavy atom. The second-order valence-electron chi connectivity index (χ2n) is 8.54. The normalized spacial score (nSPS) is 20.7. The Labute approximate surface area is 208 Å². The van der Waals surface area contributed by atoms with Crippen molar-refractivity contribution in [2.75, 3.05) is 46.5 Å². The van der Waals surface area contributed by atoms with E-state index in [0.717, 1.165) is 41.7 Å². The summed E-state index contributed by atoms with van der Waals surface area (Å²) in [6, 6.07) is 12.1. The molecule has 0 aliphatic carbocycles. The summed E-state index contributed by atoms with van der Waals surface area (Å²) in [5, 5.41) is 11.3. The summed E-state index contributed by atoms with van der Waals surface area (Å²) in [4.78, 5) is 30.3. The number of carbonyl (C=O) groups excluding carboxylic acids is 2. The number of nitrogens with zero attached hydrogens (tertiary/aromatic N) is 2. The highest BCUT2D eigenvalue weighted by Crippen LogP contribution is 2.40. The van der Waals surface area contributed by atoms with Gasteiger partial charge in [-0.1, -0.05) is 28.1 Å². The number of amides is 1. The van der Waals surface area contributed by atoms with Crippen LogP contribution < -0.4 is 4.74 Å². The number of aliphatic hydroxyl groups is 1. The number of carbonyl (C=O) groups is 2. The second-order valence-corrected chi connectivity index (χ2v) is 9.45. The average molecular weight is 529 g/mol. The van der Waals surface area contributed by atoms with Crippen LogP contribution in [-0.4, -0.2) is 73.1 Å². The van der Waals surface area contributed by atoms with Gasteiger partial charge in [-0.25, -0.2) is 0 Å². The zero-order valence-corrected chi connectivity index (χ0v) is 21.0. The molecule has 0 saturated carbocycles. The first-order chi connectivity index (χ1) is 16.4. The average Bonchev–Trinajstić information content (AvgIpc) is 3.09. The van der Waals surface area contributed by atoms with E-state index >= 15 is 0 Å². The Morgan fingerprint density at radius 2 is 1.91 bits per heavy atom. The highest BCUT2D eigenvalue weighted by molar-refractivity contribution is 9.10. The minimum atomic E-state index is -0.663. The molecular weight excluding hydrogens is 500 g/mol. The van der Waals surface area contributed by atoms with E-state index in [2.05, 4.69) is 20.8 Å². The molecule has 0 unspecified atom stereocenters. The van der Waals surface area contributed by atoms with Gasteiger partial charge in [0.1, 0.15) is 11.5 Å². The van der Waals surface area contributed by atoms with E-state index in [1.807, 2.05) is 31.2 Å². The molecule has 2 saturated heterocycles. The fourth-order valence-electron chi connectivity index (χ4n) is 4.60. The number of rotatable bonds is 7. The van der Waals surface area contributed by atoms with Crippen molar-refractivity contribution < 1.29 is 24.2 Å². The molecular formula is C26H29BrN2O5. The van der Waals surface area contributed by atoms with Crippen LogP contribution >= 0.6 is 15.9 Å². The molecule has 0 radical (unpaired) electrons. The third-order valence-corrected chi connectivity index (χ3v) is 6.86. The summed E-state index contributed by atoms with van der Waals surface area (Å²) in [7, 11) is 1.57. The third-order valence-electron chi connectivity index (χ3n) is 6.37. The van der Waals surface area contributed by atoms with Gasteiger partial charge >= 0.3 is 0 Å². The van der Waals surface area contributed by atoms with Crippen molar-refractivity contribution in [3.63, 3.8) is 0 Å². The Bertz CT molecular complexity index is 1110. The van der Waals surface area contributed by atoms with Crippen LogP contribution in [0.2, 0.25) is 0 Å². The fourth-order valence-corrected chi connectivity index (χ4v) is 5.01. The first-order valence-electron chi connectivity index (χ1n) is 11.4. The largest absolute Gasteiger partial charge is 0.507 e. The van der Waals surface area contributed by atoms with Crippen molar-refractivity contribution in [2.24, 2.45) is 0 Å². The molecule has 0 aromatic heterocycles. The molecule has 4 rings (SSSR count). The SMILES string of the molecule is COc1ccc(C(O)=C2C(=O)C(=O)N(CCCN3CCOCC3)[C@@H]2c2cccc(Br)c2)c(C)c1. The van der Waals surface area contributed by atoms with E-state index in [1.54, 1.807) is 30.2 Å². The van der Waals surface area contributed by atoms with Gasteiger partial charge in [-0.2, -0.15) is 0 Å². The Kier molecular flexibility index (Phi) is 7.70. The van der Waals surface area contributed by atoms with E-state index in [0.29, 0.717) is 31.1 Å². The lowest BCUT2D eigenvalue weighted by Crippen LogP contribution is -2.38. The maximum Gasteiger partial charge on any atom is 0.295 e. The first kappa shape index (κ1) is 24.4. The smallest absolute Gasteiger partial charge is 0.295 e. The van der Waals surface area contributed by atoms with E-state index in [9.17, 15) is 14.7 Å². The number of hydrogen-bond acceptors (Lipinski definition) is 6. The van der Waals surface area contributed by atoms with Crippen molar-refractivity contribution in [2.45, 2.75) is 19.4 Å². The van der Waals surface area contributed by atoms with Gasteiger partial charge in [-0.05, 0) is 54.8 Å². The number of aryl methyl sites for hydroxylation is 1. The lowest BCUT2D eigenvalue weighted by molar-refractivity contribution is -0.140. The monoisotopic (exact) mass is 528 g/mol. The van der Waals surface area contributed by atoms with Crippen LogP contribution in [-0.2, 0) is 14.3 Å². The lowest BCUT2D eigenvalue weighted by atomic mass is 9.94. The quantitative estimate of drug-likeness (QED) is 0.333. The summed E-state index contributed by atoms with van der Waals surface area (Å²) in [6.45, 7) is 6.22. The number of hydrogen-bond donors (Lipinski definition) is 1. The Balaban J connectivity index is 1.70. The van der Waals surface area contributed by atoms with Gasteiger partial charge in [0.05, 0.1) is 31.9 Å². The number of aliphatic hydroxyl groups excluding tert-OH is 1. The van der Waals surface area contributed by atoms with Crippen LogP contribution in [0.15, 0.2) is 52.5 Å². The van der Waals surface area contributed by atoms with Gasteiger partial charge in [0.2, 0.25) is 0 Å². The molecule has 2 heterocycles. The number of methoxy groups -OCH3 is 1. The highest BCUT2D eigenvalue weighted by atomic mass is 79.9. The number of likely N-dealkylation sites (tertiary alicyclic amines) is 1. The van der Waals surface area contributed by atoms with Crippen LogP contribution in [0, 0.1) is 6.92 Å². The van der Waals surface area contributed by atoms with Crippen LogP contribution in [0.4, 0.5) is 0 Å². The van der Waals surface area contributed by atoms with Crippen molar-refractivity contribution in [1.29, 1.82) is 0 Å². The molecule has 0 spiro atoms. The second kappa shape index (κ2) is 10.7. The topological polar surface area (TPSA) is 79.3 Å². The van der Waals surface area contributed by atoms with Crippen LogP contribution in [0.1, 0.15) is 29.2 Å². The summed E-state index contributed by atoms with van der Waals surface area (Å²) >= 11 is 3.49. The molecule has 2 aromatic carbocycles. The number of Topliss-reactive ketones (excluding diaryl/α,β-unsaturated/α-hetero) is 1. The van der Waals surface area contributed by atoms with Crippen molar-refractivity contribution >= 4 is 33.4 Å². The molecule has 2 aliphatic heterocycles. The van der Waals surface area contributed by atoms with Crippen molar-refractivity contribution in [3.8, 4) is 5.75 Å². The Hall–Kier alpha value is -2.68. The lowest BCUT2D eigenvalue weighted by Gasteiger charge is -2.29. The maximum atomic E-state index is 13.2. The number of ether oxygens (including phenoxy) is 2. The summed E-state index contributed by atoms with van der Waals surface area (Å²) in [5.74, 6) is -0.760. The molecule has 34 heavy (non-hydrogen) atoms. The number of ketones is 1. The third kappa shape index (κ3) is 5.04. The fraction of sp³-hybridized carbons (Fsp3) is 0.385. The summed E-state index contributed by atoms with van der Waals surface area (Å²) < 4.78 is 11.5. The van der Waals surface area contributed by atoms with Gasteiger partial charge < -0.3 is 19.5 Å².